The number of carbonyl (C=O) groups excluding carboxylic acids is 2. The second kappa shape index (κ2) is 10.2. The molecule has 0 fully saturated rings. The maximum absolute atomic E-state index is 13.8. The average Bonchev–Trinajstić information content (AvgIpc) is 2.86. The summed E-state index contributed by atoms with van der Waals surface area (Å²) in [6, 6.07) is 14.7. The van der Waals surface area contributed by atoms with Crippen LogP contribution in [0.25, 0.3) is 5.69 Å². The van der Waals surface area contributed by atoms with Crippen LogP contribution in [-0.4, -0.2) is 49.0 Å². The van der Waals surface area contributed by atoms with E-state index in [1.54, 1.807) is 25.8 Å². The number of Topliss-reactive ketones (excluding diaryl/α,β-unsaturated/α-hetero) is 1. The number of carbonyl (C=O) groups is 2. The fourth-order valence-corrected chi connectivity index (χ4v) is 4.87. The number of methoxy groups -OCH3 is 2. The summed E-state index contributed by atoms with van der Waals surface area (Å²) in [6.07, 6.45) is 1.50. The summed E-state index contributed by atoms with van der Waals surface area (Å²) in [7, 11) is 4.83. The van der Waals surface area contributed by atoms with Crippen LogP contribution in [0.15, 0.2) is 53.3 Å². The molecule has 0 saturated heterocycles. The van der Waals surface area contributed by atoms with Gasteiger partial charge in [-0.2, -0.15) is 0 Å². The van der Waals surface area contributed by atoms with E-state index in [4.69, 9.17) is 9.47 Å². The van der Waals surface area contributed by atoms with Gasteiger partial charge in [0.25, 0.3) is 11.5 Å². The van der Waals surface area contributed by atoms with Crippen molar-refractivity contribution in [1.82, 2.24) is 9.47 Å². The first-order chi connectivity index (χ1) is 17.5. The van der Waals surface area contributed by atoms with Crippen molar-refractivity contribution < 1.29 is 19.1 Å². The van der Waals surface area contributed by atoms with Crippen molar-refractivity contribution in [3.8, 4) is 17.2 Å². The highest BCUT2D eigenvalue weighted by Gasteiger charge is 2.35. The van der Waals surface area contributed by atoms with Gasteiger partial charge in [-0.05, 0) is 61.1 Å². The fraction of sp³-hybridized carbons (Fsp3) is 0.367. The van der Waals surface area contributed by atoms with Gasteiger partial charge in [0.15, 0.2) is 17.3 Å². The standard InChI is InChI=1S/C30H34N2O5/c1-19-7-10-21(11-8-19)32-24-17-30(2,3)18-25(33)22(24)16-23(29(32)35)28(34)31(4)14-13-20-9-12-26(36-5)27(15-20)37-6/h7-12,15-16H,13-14,17-18H2,1-6H3. The second-order valence-electron chi connectivity index (χ2n) is 10.5. The Labute approximate surface area is 217 Å². The monoisotopic (exact) mass is 502 g/mol. The minimum Gasteiger partial charge on any atom is -0.493 e. The van der Waals surface area contributed by atoms with E-state index in [2.05, 4.69) is 0 Å². The third-order valence-electron chi connectivity index (χ3n) is 6.94. The van der Waals surface area contributed by atoms with Crippen LogP contribution >= 0.6 is 0 Å². The Kier molecular flexibility index (Phi) is 7.25. The van der Waals surface area contributed by atoms with Gasteiger partial charge in [-0.25, -0.2) is 0 Å². The molecule has 0 saturated carbocycles. The van der Waals surface area contributed by atoms with Crippen LogP contribution in [-0.2, 0) is 12.8 Å². The molecule has 3 aromatic rings. The molecule has 1 heterocycles. The number of benzene rings is 2. The lowest BCUT2D eigenvalue weighted by atomic mass is 9.75. The predicted octanol–water partition coefficient (Wildman–Crippen LogP) is 4.63. The van der Waals surface area contributed by atoms with Crippen molar-refractivity contribution in [2.45, 2.75) is 40.0 Å². The van der Waals surface area contributed by atoms with Crippen LogP contribution in [0.1, 0.15) is 57.8 Å². The lowest BCUT2D eigenvalue weighted by Crippen LogP contribution is -2.39. The maximum Gasteiger partial charge on any atom is 0.268 e. The Bertz CT molecular complexity index is 1400. The van der Waals surface area contributed by atoms with Crippen LogP contribution in [0.2, 0.25) is 0 Å². The van der Waals surface area contributed by atoms with E-state index in [-0.39, 0.29) is 16.8 Å². The highest BCUT2D eigenvalue weighted by Crippen LogP contribution is 2.35. The molecule has 7 nitrogen and oxygen atoms in total. The summed E-state index contributed by atoms with van der Waals surface area (Å²) in [5, 5.41) is 0. The Balaban J connectivity index is 1.70. The first-order valence-electron chi connectivity index (χ1n) is 12.4. The van der Waals surface area contributed by atoms with E-state index < -0.39 is 11.5 Å². The van der Waals surface area contributed by atoms with Gasteiger partial charge in [-0.1, -0.05) is 37.6 Å². The van der Waals surface area contributed by atoms with E-state index in [9.17, 15) is 14.4 Å². The number of hydrogen-bond acceptors (Lipinski definition) is 5. The number of fused-ring (bicyclic) bond motifs is 1. The van der Waals surface area contributed by atoms with E-state index >= 15 is 0 Å². The molecule has 4 rings (SSSR count). The number of ketones is 1. The quantitative estimate of drug-likeness (QED) is 0.471. The van der Waals surface area contributed by atoms with Crippen LogP contribution in [0, 0.1) is 12.3 Å². The van der Waals surface area contributed by atoms with Crippen molar-refractivity contribution in [1.29, 1.82) is 0 Å². The summed E-state index contributed by atoms with van der Waals surface area (Å²) in [5.74, 6) is 0.793. The lowest BCUT2D eigenvalue weighted by Gasteiger charge is -2.32. The normalized spacial score (nSPS) is 14.2. The van der Waals surface area contributed by atoms with Gasteiger partial charge in [0.1, 0.15) is 5.56 Å². The molecular weight excluding hydrogens is 468 g/mol. The van der Waals surface area contributed by atoms with E-state index in [0.29, 0.717) is 54.3 Å². The third-order valence-corrected chi connectivity index (χ3v) is 6.94. The number of nitrogens with zero attached hydrogens (tertiary/aromatic N) is 2. The molecule has 7 heteroatoms. The number of ether oxygens (including phenoxy) is 2. The number of likely N-dealkylation sites (N-methyl/N-ethyl adjacent to an activating group) is 1. The summed E-state index contributed by atoms with van der Waals surface area (Å²) in [5.41, 5.74) is 3.13. The molecule has 0 N–H and O–H groups in total. The zero-order valence-corrected chi connectivity index (χ0v) is 22.4. The van der Waals surface area contributed by atoms with Crippen molar-refractivity contribution in [2.24, 2.45) is 5.41 Å². The van der Waals surface area contributed by atoms with Crippen molar-refractivity contribution in [3.05, 3.63) is 86.8 Å². The van der Waals surface area contributed by atoms with Crippen molar-refractivity contribution in [3.63, 3.8) is 0 Å². The second-order valence-corrected chi connectivity index (χ2v) is 10.5. The lowest BCUT2D eigenvalue weighted by molar-refractivity contribution is 0.0794. The maximum atomic E-state index is 13.8. The highest BCUT2D eigenvalue weighted by molar-refractivity contribution is 6.02. The largest absolute Gasteiger partial charge is 0.493 e. The van der Waals surface area contributed by atoms with Gasteiger partial charge in [-0.15, -0.1) is 0 Å². The Morgan fingerprint density at radius 1 is 0.973 bits per heavy atom. The molecule has 2 aromatic carbocycles. The van der Waals surface area contributed by atoms with Gasteiger partial charge in [-0.3, -0.25) is 19.0 Å². The molecular formula is C30H34N2O5. The Morgan fingerprint density at radius 2 is 1.65 bits per heavy atom. The third kappa shape index (κ3) is 5.31. The zero-order valence-electron chi connectivity index (χ0n) is 22.4. The minimum absolute atomic E-state index is 0.00203. The molecule has 0 atom stereocenters. The smallest absolute Gasteiger partial charge is 0.268 e. The van der Waals surface area contributed by atoms with E-state index in [1.807, 2.05) is 63.2 Å². The Morgan fingerprint density at radius 3 is 2.30 bits per heavy atom. The number of aromatic nitrogens is 1. The molecule has 0 aliphatic heterocycles. The molecule has 1 aromatic heterocycles. The fourth-order valence-electron chi connectivity index (χ4n) is 4.87. The summed E-state index contributed by atoms with van der Waals surface area (Å²) < 4.78 is 12.2. The molecule has 0 bridgehead atoms. The predicted molar refractivity (Wildman–Crippen MR) is 143 cm³/mol. The van der Waals surface area contributed by atoms with Crippen LogP contribution in [0.5, 0.6) is 11.5 Å². The molecule has 37 heavy (non-hydrogen) atoms. The van der Waals surface area contributed by atoms with Crippen molar-refractivity contribution in [2.75, 3.05) is 27.8 Å². The minimum atomic E-state index is -0.410. The van der Waals surface area contributed by atoms with Gasteiger partial charge >= 0.3 is 0 Å². The highest BCUT2D eigenvalue weighted by atomic mass is 16.5. The van der Waals surface area contributed by atoms with Crippen LogP contribution in [0.3, 0.4) is 0 Å². The molecule has 0 spiro atoms. The number of hydrogen-bond donors (Lipinski definition) is 0. The first-order valence-corrected chi connectivity index (χ1v) is 12.4. The Hall–Kier alpha value is -3.87. The average molecular weight is 503 g/mol. The van der Waals surface area contributed by atoms with Gasteiger partial charge in [0, 0.05) is 37.0 Å². The van der Waals surface area contributed by atoms with E-state index in [1.165, 1.54) is 11.0 Å². The first kappa shape index (κ1) is 26.2. The number of pyridine rings is 1. The van der Waals surface area contributed by atoms with Gasteiger partial charge < -0.3 is 14.4 Å². The van der Waals surface area contributed by atoms with Crippen LogP contribution in [0.4, 0.5) is 0 Å². The van der Waals surface area contributed by atoms with E-state index in [0.717, 1.165) is 11.1 Å². The molecule has 1 amide bonds. The summed E-state index contributed by atoms with van der Waals surface area (Å²) >= 11 is 0. The number of rotatable bonds is 7. The number of aryl methyl sites for hydroxylation is 1. The van der Waals surface area contributed by atoms with Gasteiger partial charge in [0.2, 0.25) is 0 Å². The summed E-state index contributed by atoms with van der Waals surface area (Å²) in [4.78, 5) is 42.0. The number of amides is 1. The summed E-state index contributed by atoms with van der Waals surface area (Å²) in [6.45, 7) is 6.41. The topological polar surface area (TPSA) is 77.8 Å². The molecule has 1 aliphatic carbocycles. The molecule has 194 valence electrons. The SMILES string of the molecule is COc1ccc(CCN(C)C(=O)c2cc3c(n(-c4ccc(C)cc4)c2=O)CC(C)(C)CC3=O)cc1OC. The molecule has 0 unspecified atom stereocenters. The van der Waals surface area contributed by atoms with Crippen molar-refractivity contribution >= 4 is 11.7 Å². The molecule has 1 aliphatic rings. The van der Waals surface area contributed by atoms with Crippen LogP contribution < -0.4 is 15.0 Å². The van der Waals surface area contributed by atoms with Gasteiger partial charge in [0.05, 0.1) is 14.2 Å². The molecule has 0 radical (unpaired) electrons. The zero-order chi connectivity index (χ0) is 26.9.